The van der Waals surface area contributed by atoms with Gasteiger partial charge in [0.25, 0.3) is 11.6 Å². The molecule has 2 atom stereocenters. The summed E-state index contributed by atoms with van der Waals surface area (Å²) in [6.45, 7) is 2.21. The van der Waals surface area contributed by atoms with E-state index < -0.39 is 22.7 Å². The van der Waals surface area contributed by atoms with Crippen molar-refractivity contribution in [3.8, 4) is 0 Å². The Bertz CT molecular complexity index is 619. The number of amides is 1. The number of benzene rings is 1. The van der Waals surface area contributed by atoms with Gasteiger partial charge in [-0.1, -0.05) is 13.0 Å². The van der Waals surface area contributed by atoms with E-state index in [4.69, 9.17) is 5.11 Å². The Morgan fingerprint density at radius 2 is 2.10 bits per heavy atom. The van der Waals surface area contributed by atoms with Crippen molar-refractivity contribution in [3.63, 3.8) is 0 Å². The first-order valence-electron chi connectivity index (χ1n) is 6.28. The van der Waals surface area contributed by atoms with Gasteiger partial charge in [0.15, 0.2) is 0 Å². The van der Waals surface area contributed by atoms with E-state index in [1.165, 1.54) is 23.1 Å². The molecule has 7 nitrogen and oxygen atoms in total. The zero-order valence-corrected chi connectivity index (χ0v) is 12.7. The summed E-state index contributed by atoms with van der Waals surface area (Å²) < 4.78 is 0.117. The van der Waals surface area contributed by atoms with Crippen LogP contribution < -0.4 is 0 Å². The Labute approximate surface area is 128 Å². The number of nitrogens with zero attached hydrogens (tertiary/aromatic N) is 2. The van der Waals surface area contributed by atoms with E-state index in [1.807, 2.05) is 0 Å². The standard InChI is InChI=1S/C13H13BrN2O5/c1-7-5-15(6-9(7)13(18)19)12(17)8-3-2-4-10(11(8)14)16(20)21/h2-4,7,9H,5-6H2,1H3,(H,18,19). The van der Waals surface area contributed by atoms with Crippen molar-refractivity contribution in [1.29, 1.82) is 0 Å². The molecule has 2 rings (SSSR count). The molecule has 0 radical (unpaired) electrons. The first-order valence-corrected chi connectivity index (χ1v) is 7.07. The molecule has 1 heterocycles. The second-order valence-corrected chi connectivity index (χ2v) is 5.82. The molecule has 112 valence electrons. The van der Waals surface area contributed by atoms with Crippen LogP contribution in [0, 0.1) is 22.0 Å². The third-order valence-corrected chi connectivity index (χ3v) is 4.46. The minimum Gasteiger partial charge on any atom is -0.481 e. The van der Waals surface area contributed by atoms with Crippen LogP contribution in [0.25, 0.3) is 0 Å². The van der Waals surface area contributed by atoms with E-state index >= 15 is 0 Å². The van der Waals surface area contributed by atoms with Crippen LogP contribution in [0.1, 0.15) is 17.3 Å². The molecule has 1 aromatic rings. The number of carboxylic acid groups (broad SMARTS) is 1. The summed E-state index contributed by atoms with van der Waals surface area (Å²) in [5.74, 6) is -2.09. The van der Waals surface area contributed by atoms with Crippen LogP contribution >= 0.6 is 15.9 Å². The second-order valence-electron chi connectivity index (χ2n) is 5.03. The van der Waals surface area contributed by atoms with Gasteiger partial charge < -0.3 is 10.0 Å². The predicted molar refractivity (Wildman–Crippen MR) is 77.0 cm³/mol. The molecule has 8 heteroatoms. The molecule has 1 aliphatic heterocycles. The Morgan fingerprint density at radius 1 is 1.43 bits per heavy atom. The highest BCUT2D eigenvalue weighted by Crippen LogP contribution is 2.31. The summed E-state index contributed by atoms with van der Waals surface area (Å²) in [5.41, 5.74) is -0.0229. The number of rotatable bonds is 3. The lowest BCUT2D eigenvalue weighted by Crippen LogP contribution is -2.30. The van der Waals surface area contributed by atoms with Crippen molar-refractivity contribution in [3.05, 3.63) is 38.3 Å². The Morgan fingerprint density at radius 3 is 2.62 bits per heavy atom. The van der Waals surface area contributed by atoms with Crippen molar-refractivity contribution in [2.75, 3.05) is 13.1 Å². The van der Waals surface area contributed by atoms with E-state index in [0.29, 0.717) is 6.54 Å². The van der Waals surface area contributed by atoms with Crippen molar-refractivity contribution in [2.24, 2.45) is 11.8 Å². The SMILES string of the molecule is CC1CN(C(=O)c2cccc([N+](=O)[O-])c2Br)CC1C(=O)O. The summed E-state index contributed by atoms with van der Waals surface area (Å²) in [4.78, 5) is 35.3. The van der Waals surface area contributed by atoms with Crippen LogP contribution in [0.15, 0.2) is 22.7 Å². The molecule has 21 heavy (non-hydrogen) atoms. The number of nitro benzene ring substituents is 1. The normalized spacial score (nSPS) is 21.3. The monoisotopic (exact) mass is 356 g/mol. The predicted octanol–water partition coefficient (Wildman–Crippen LogP) is 2.15. The van der Waals surface area contributed by atoms with Gasteiger partial charge in [0, 0.05) is 19.2 Å². The maximum atomic E-state index is 12.4. The minimum absolute atomic E-state index is 0.116. The zero-order chi connectivity index (χ0) is 15.7. The average Bonchev–Trinajstić information content (AvgIpc) is 2.80. The quantitative estimate of drug-likeness (QED) is 0.660. The summed E-state index contributed by atoms with van der Waals surface area (Å²) in [7, 11) is 0. The number of carbonyl (C=O) groups excluding carboxylic acids is 1. The second kappa shape index (κ2) is 5.80. The van der Waals surface area contributed by atoms with Crippen LogP contribution in [0.3, 0.4) is 0 Å². The van der Waals surface area contributed by atoms with Crippen molar-refractivity contribution < 1.29 is 19.6 Å². The van der Waals surface area contributed by atoms with Gasteiger partial charge in [-0.15, -0.1) is 0 Å². The molecule has 0 saturated carbocycles. The molecule has 1 amide bonds. The van der Waals surface area contributed by atoms with Gasteiger partial charge in [0.1, 0.15) is 4.47 Å². The number of nitro groups is 1. The van der Waals surface area contributed by atoms with Crippen LogP contribution in [-0.2, 0) is 4.79 Å². The maximum absolute atomic E-state index is 12.4. The lowest BCUT2D eigenvalue weighted by atomic mass is 9.99. The van der Waals surface area contributed by atoms with E-state index in [0.717, 1.165) is 0 Å². The number of hydrogen-bond acceptors (Lipinski definition) is 4. The molecule has 1 N–H and O–H groups in total. The molecule has 1 fully saturated rings. The summed E-state index contributed by atoms with van der Waals surface area (Å²) in [6, 6.07) is 4.22. The lowest BCUT2D eigenvalue weighted by Gasteiger charge is -2.16. The number of carboxylic acids is 1. The lowest BCUT2D eigenvalue weighted by molar-refractivity contribution is -0.385. The molecule has 0 bridgehead atoms. The maximum Gasteiger partial charge on any atom is 0.308 e. The zero-order valence-electron chi connectivity index (χ0n) is 11.2. The van der Waals surface area contributed by atoms with Gasteiger partial charge in [0.05, 0.1) is 16.4 Å². The van der Waals surface area contributed by atoms with Gasteiger partial charge >= 0.3 is 5.97 Å². The first-order chi connectivity index (χ1) is 9.82. The van der Waals surface area contributed by atoms with Crippen LogP contribution in [0.4, 0.5) is 5.69 Å². The topological polar surface area (TPSA) is 101 Å². The average molecular weight is 357 g/mol. The highest BCUT2D eigenvalue weighted by atomic mass is 79.9. The number of hydrogen-bond donors (Lipinski definition) is 1. The summed E-state index contributed by atoms with van der Waals surface area (Å²) >= 11 is 3.08. The molecular formula is C13H13BrN2O5. The Balaban J connectivity index is 2.28. The molecule has 1 aliphatic rings. The summed E-state index contributed by atoms with van der Waals surface area (Å²) in [6.07, 6.45) is 0. The third kappa shape index (κ3) is 2.90. The number of carbonyl (C=O) groups is 2. The van der Waals surface area contributed by atoms with Crippen LogP contribution in [-0.4, -0.2) is 39.9 Å². The third-order valence-electron chi connectivity index (χ3n) is 3.62. The largest absolute Gasteiger partial charge is 0.481 e. The Kier molecular flexibility index (Phi) is 4.26. The van der Waals surface area contributed by atoms with Crippen LogP contribution in [0.5, 0.6) is 0 Å². The number of likely N-dealkylation sites (tertiary alicyclic amines) is 1. The summed E-state index contributed by atoms with van der Waals surface area (Å²) in [5, 5.41) is 20.0. The highest BCUT2D eigenvalue weighted by Gasteiger charge is 2.38. The minimum atomic E-state index is -0.934. The number of aliphatic carboxylic acids is 1. The van der Waals surface area contributed by atoms with Crippen LogP contribution in [0.2, 0.25) is 0 Å². The van der Waals surface area contributed by atoms with E-state index in [9.17, 15) is 19.7 Å². The Hall–Kier alpha value is -1.96. The smallest absolute Gasteiger partial charge is 0.308 e. The van der Waals surface area contributed by atoms with E-state index in [-0.39, 0.29) is 28.2 Å². The molecule has 1 aromatic carbocycles. The molecule has 0 aromatic heterocycles. The fourth-order valence-corrected chi connectivity index (χ4v) is 3.03. The molecule has 1 saturated heterocycles. The van der Waals surface area contributed by atoms with Gasteiger partial charge in [-0.2, -0.15) is 0 Å². The van der Waals surface area contributed by atoms with E-state index in [1.54, 1.807) is 6.92 Å². The molecule has 0 spiro atoms. The van der Waals surface area contributed by atoms with E-state index in [2.05, 4.69) is 15.9 Å². The molecule has 2 unspecified atom stereocenters. The molecule has 0 aliphatic carbocycles. The van der Waals surface area contributed by atoms with Gasteiger partial charge in [-0.3, -0.25) is 19.7 Å². The molecular weight excluding hydrogens is 344 g/mol. The fourth-order valence-electron chi connectivity index (χ4n) is 2.45. The number of halogens is 1. The fraction of sp³-hybridized carbons (Fsp3) is 0.385. The van der Waals surface area contributed by atoms with Crippen molar-refractivity contribution in [1.82, 2.24) is 4.90 Å². The first kappa shape index (κ1) is 15.4. The van der Waals surface area contributed by atoms with Gasteiger partial charge in [0.2, 0.25) is 0 Å². The van der Waals surface area contributed by atoms with Crippen molar-refractivity contribution in [2.45, 2.75) is 6.92 Å². The van der Waals surface area contributed by atoms with Gasteiger partial charge in [-0.25, -0.2) is 0 Å². The van der Waals surface area contributed by atoms with Gasteiger partial charge in [-0.05, 0) is 27.9 Å². The van der Waals surface area contributed by atoms with Crippen molar-refractivity contribution >= 4 is 33.5 Å². The highest BCUT2D eigenvalue weighted by molar-refractivity contribution is 9.10.